The van der Waals surface area contributed by atoms with Crippen LogP contribution in [0, 0.1) is 0 Å². The Balaban J connectivity index is 3.01. The molecule has 1 unspecified atom stereocenters. The number of nitrogens with two attached hydrogens (primary N) is 1. The number of hydrogen-bond donors (Lipinski definition) is 2. The second-order valence-electron chi connectivity index (χ2n) is 4.20. The maximum absolute atomic E-state index is 12.2. The molecule has 114 valence electrons. The standard InChI is InChI=1S/C12H18Cl2N2O3S/c1-3-19-8(2)7-16-20(17,18)11-5-10(13)4-9(6-15)12(11)14/h4-5,8,16H,3,6-7,15H2,1-2H3. The van der Waals surface area contributed by atoms with E-state index in [9.17, 15) is 8.42 Å². The van der Waals surface area contributed by atoms with Gasteiger partial charge >= 0.3 is 0 Å². The second kappa shape index (κ2) is 7.59. The van der Waals surface area contributed by atoms with Gasteiger partial charge in [0.05, 0.1) is 11.1 Å². The quantitative estimate of drug-likeness (QED) is 0.796. The Morgan fingerprint density at radius 2 is 2.05 bits per heavy atom. The highest BCUT2D eigenvalue weighted by Gasteiger charge is 2.21. The summed E-state index contributed by atoms with van der Waals surface area (Å²) in [5.74, 6) is 0. The van der Waals surface area contributed by atoms with Crippen molar-refractivity contribution in [1.82, 2.24) is 4.72 Å². The topological polar surface area (TPSA) is 81.4 Å². The maximum atomic E-state index is 12.2. The summed E-state index contributed by atoms with van der Waals surface area (Å²) >= 11 is 11.9. The number of halogens is 2. The first-order valence-corrected chi connectivity index (χ1v) is 8.35. The fourth-order valence-electron chi connectivity index (χ4n) is 1.61. The number of rotatable bonds is 7. The lowest BCUT2D eigenvalue weighted by atomic mass is 10.2. The van der Waals surface area contributed by atoms with Crippen LogP contribution in [0.2, 0.25) is 10.0 Å². The highest BCUT2D eigenvalue weighted by molar-refractivity contribution is 7.89. The van der Waals surface area contributed by atoms with E-state index >= 15 is 0 Å². The Labute approximate surface area is 129 Å². The minimum absolute atomic E-state index is 0.0733. The predicted octanol–water partition coefficient (Wildman–Crippen LogP) is 2.16. The van der Waals surface area contributed by atoms with Gasteiger partial charge in [0, 0.05) is 24.7 Å². The fourth-order valence-corrected chi connectivity index (χ4v) is 3.67. The lowest BCUT2D eigenvalue weighted by Gasteiger charge is -2.15. The second-order valence-corrected chi connectivity index (χ2v) is 6.75. The summed E-state index contributed by atoms with van der Waals surface area (Å²) in [6.45, 7) is 4.38. The summed E-state index contributed by atoms with van der Waals surface area (Å²) < 4.78 is 32.2. The molecular weight excluding hydrogens is 323 g/mol. The van der Waals surface area contributed by atoms with Gasteiger partial charge in [0.15, 0.2) is 0 Å². The molecule has 0 saturated heterocycles. The van der Waals surface area contributed by atoms with Gasteiger partial charge in [-0.15, -0.1) is 0 Å². The normalized spacial score (nSPS) is 13.4. The number of ether oxygens (including phenoxy) is 1. The highest BCUT2D eigenvalue weighted by Crippen LogP contribution is 2.29. The van der Waals surface area contributed by atoms with Gasteiger partial charge in [-0.05, 0) is 31.5 Å². The summed E-state index contributed by atoms with van der Waals surface area (Å²) in [5, 5.41) is 0.363. The molecule has 0 spiro atoms. The third kappa shape index (κ3) is 4.58. The molecule has 0 bridgehead atoms. The van der Waals surface area contributed by atoms with Crippen LogP contribution in [0.5, 0.6) is 0 Å². The molecule has 0 aliphatic heterocycles. The van der Waals surface area contributed by atoms with Crippen molar-refractivity contribution >= 4 is 33.2 Å². The van der Waals surface area contributed by atoms with Crippen molar-refractivity contribution in [2.24, 2.45) is 5.73 Å². The van der Waals surface area contributed by atoms with E-state index < -0.39 is 10.0 Å². The van der Waals surface area contributed by atoms with E-state index in [1.54, 1.807) is 13.0 Å². The van der Waals surface area contributed by atoms with E-state index in [2.05, 4.69) is 4.72 Å². The first kappa shape index (κ1) is 17.7. The molecule has 0 heterocycles. The van der Waals surface area contributed by atoms with Gasteiger partial charge in [-0.2, -0.15) is 0 Å². The molecule has 0 fully saturated rings. The largest absolute Gasteiger partial charge is 0.377 e. The van der Waals surface area contributed by atoms with Crippen molar-refractivity contribution in [2.75, 3.05) is 13.2 Å². The zero-order valence-electron chi connectivity index (χ0n) is 11.3. The van der Waals surface area contributed by atoms with Gasteiger partial charge < -0.3 is 10.5 Å². The van der Waals surface area contributed by atoms with Gasteiger partial charge in [0.25, 0.3) is 0 Å². The van der Waals surface area contributed by atoms with Crippen LogP contribution in [0.3, 0.4) is 0 Å². The summed E-state index contributed by atoms with van der Waals surface area (Å²) in [6, 6.07) is 2.85. The molecule has 1 aromatic carbocycles. The molecule has 20 heavy (non-hydrogen) atoms. The van der Waals surface area contributed by atoms with E-state index in [1.807, 2.05) is 6.92 Å². The molecule has 3 N–H and O–H groups in total. The van der Waals surface area contributed by atoms with Crippen molar-refractivity contribution < 1.29 is 13.2 Å². The smallest absolute Gasteiger partial charge is 0.242 e. The minimum Gasteiger partial charge on any atom is -0.377 e. The number of nitrogens with one attached hydrogen (secondary N) is 1. The molecular formula is C12H18Cl2N2O3S. The van der Waals surface area contributed by atoms with Gasteiger partial charge in [0.1, 0.15) is 4.90 Å². The van der Waals surface area contributed by atoms with E-state index in [-0.39, 0.29) is 34.1 Å². The summed E-state index contributed by atoms with van der Waals surface area (Å²) in [7, 11) is -3.76. The van der Waals surface area contributed by atoms with Crippen molar-refractivity contribution in [3.63, 3.8) is 0 Å². The van der Waals surface area contributed by atoms with Crippen LogP contribution < -0.4 is 10.5 Å². The van der Waals surface area contributed by atoms with E-state index in [4.69, 9.17) is 33.7 Å². The van der Waals surface area contributed by atoms with Gasteiger partial charge in [-0.3, -0.25) is 0 Å². The molecule has 8 heteroatoms. The van der Waals surface area contributed by atoms with E-state index in [0.29, 0.717) is 12.2 Å². The van der Waals surface area contributed by atoms with E-state index in [1.165, 1.54) is 6.07 Å². The fraction of sp³-hybridized carbons (Fsp3) is 0.500. The number of benzene rings is 1. The van der Waals surface area contributed by atoms with Crippen LogP contribution in [-0.4, -0.2) is 27.7 Å². The molecule has 0 aromatic heterocycles. The summed E-state index contributed by atoms with van der Waals surface area (Å²) in [6.07, 6.45) is -0.235. The van der Waals surface area contributed by atoms with Crippen molar-refractivity contribution in [3.8, 4) is 0 Å². The molecule has 0 saturated carbocycles. The van der Waals surface area contributed by atoms with Crippen LogP contribution in [0.15, 0.2) is 17.0 Å². The lowest BCUT2D eigenvalue weighted by molar-refractivity contribution is 0.0799. The van der Waals surface area contributed by atoms with Crippen molar-refractivity contribution in [2.45, 2.75) is 31.4 Å². The Morgan fingerprint density at radius 3 is 2.60 bits per heavy atom. The third-order valence-corrected chi connectivity index (χ3v) is 4.83. The Bertz CT molecular complexity index is 564. The lowest BCUT2D eigenvalue weighted by Crippen LogP contribution is -2.32. The molecule has 0 radical (unpaired) electrons. The van der Waals surface area contributed by atoms with Gasteiger partial charge in [0.2, 0.25) is 10.0 Å². The van der Waals surface area contributed by atoms with Crippen molar-refractivity contribution in [1.29, 1.82) is 0 Å². The summed E-state index contributed by atoms with van der Waals surface area (Å²) in [5.41, 5.74) is 6.00. The zero-order valence-corrected chi connectivity index (χ0v) is 13.6. The third-order valence-electron chi connectivity index (χ3n) is 2.60. The average molecular weight is 341 g/mol. The molecule has 0 amide bonds. The van der Waals surface area contributed by atoms with Crippen molar-refractivity contribution in [3.05, 3.63) is 27.7 Å². The number of hydrogen-bond acceptors (Lipinski definition) is 4. The van der Waals surface area contributed by atoms with Crippen LogP contribution in [0.25, 0.3) is 0 Å². The van der Waals surface area contributed by atoms with Gasteiger partial charge in [-0.1, -0.05) is 23.2 Å². The van der Waals surface area contributed by atoms with Crippen LogP contribution in [0.1, 0.15) is 19.4 Å². The molecule has 1 rings (SSSR count). The van der Waals surface area contributed by atoms with Crippen LogP contribution in [0.4, 0.5) is 0 Å². The average Bonchev–Trinajstić information content (AvgIpc) is 2.39. The SMILES string of the molecule is CCOC(C)CNS(=O)(=O)c1cc(Cl)cc(CN)c1Cl. The molecule has 5 nitrogen and oxygen atoms in total. The Hall–Kier alpha value is -0.370. The van der Waals surface area contributed by atoms with Gasteiger partial charge in [-0.25, -0.2) is 13.1 Å². The monoisotopic (exact) mass is 340 g/mol. The number of sulfonamides is 1. The molecule has 0 aliphatic rings. The first-order chi connectivity index (χ1) is 9.31. The molecule has 1 atom stereocenters. The molecule has 0 aliphatic carbocycles. The zero-order chi connectivity index (χ0) is 15.3. The van der Waals surface area contributed by atoms with Crippen LogP contribution in [-0.2, 0) is 21.3 Å². The maximum Gasteiger partial charge on any atom is 0.242 e. The predicted molar refractivity (Wildman–Crippen MR) is 80.6 cm³/mol. The van der Waals surface area contributed by atoms with E-state index in [0.717, 1.165) is 0 Å². The van der Waals surface area contributed by atoms with Crippen LogP contribution >= 0.6 is 23.2 Å². The Morgan fingerprint density at radius 1 is 1.40 bits per heavy atom. The minimum atomic E-state index is -3.76. The highest BCUT2D eigenvalue weighted by atomic mass is 35.5. The molecule has 1 aromatic rings. The Kier molecular flexibility index (Phi) is 6.71. The summed E-state index contributed by atoms with van der Waals surface area (Å²) in [4.78, 5) is -0.0733. The first-order valence-electron chi connectivity index (χ1n) is 6.11.